The van der Waals surface area contributed by atoms with Gasteiger partial charge in [0.15, 0.2) is 0 Å². The topological polar surface area (TPSA) is 15.3 Å². The molecule has 0 saturated carbocycles. The Hall–Kier alpha value is -0.0800. The molecule has 0 spiro atoms. The lowest BCUT2D eigenvalue weighted by Crippen LogP contribution is -2.65. The van der Waals surface area contributed by atoms with Gasteiger partial charge in [-0.1, -0.05) is 40.5 Å². The second kappa shape index (κ2) is 6.91. The highest BCUT2D eigenvalue weighted by Crippen LogP contribution is 2.28. The van der Waals surface area contributed by atoms with Gasteiger partial charge in [-0.25, -0.2) is 0 Å². The van der Waals surface area contributed by atoms with Crippen LogP contribution in [-0.2, 0) is 0 Å². The zero-order valence-corrected chi connectivity index (χ0v) is 13.4. The van der Waals surface area contributed by atoms with Crippen molar-refractivity contribution in [2.45, 2.75) is 84.8 Å². The predicted molar refractivity (Wildman–Crippen MR) is 81.0 cm³/mol. The van der Waals surface area contributed by atoms with Gasteiger partial charge in [0.05, 0.1) is 0 Å². The van der Waals surface area contributed by atoms with Gasteiger partial charge < -0.3 is 5.32 Å². The van der Waals surface area contributed by atoms with E-state index in [2.05, 4.69) is 51.8 Å². The van der Waals surface area contributed by atoms with Crippen LogP contribution in [0, 0.1) is 5.92 Å². The molecule has 0 amide bonds. The standard InChI is InChI=1S/C16H34N2/c1-7-15(8-2)14(6)18-12-16(9-3,10-4)17-11-13(18)5/h13-15,17H,7-12H2,1-6H3. The molecular weight excluding hydrogens is 220 g/mol. The predicted octanol–water partition coefficient (Wildman–Crippen LogP) is 3.66. The first kappa shape index (κ1) is 16.0. The molecule has 0 aromatic carbocycles. The first-order valence-corrected chi connectivity index (χ1v) is 8.04. The number of hydrogen-bond donors (Lipinski definition) is 1. The van der Waals surface area contributed by atoms with Crippen LogP contribution in [0.25, 0.3) is 0 Å². The van der Waals surface area contributed by atoms with Crippen molar-refractivity contribution in [2.24, 2.45) is 5.92 Å². The smallest absolute Gasteiger partial charge is 0.0304 e. The molecule has 1 saturated heterocycles. The number of nitrogens with zero attached hydrogens (tertiary/aromatic N) is 1. The molecule has 2 heteroatoms. The summed E-state index contributed by atoms with van der Waals surface area (Å²) in [5, 5.41) is 3.80. The molecule has 0 radical (unpaired) electrons. The molecule has 0 aliphatic carbocycles. The number of hydrogen-bond acceptors (Lipinski definition) is 2. The average molecular weight is 254 g/mol. The molecule has 0 aromatic rings. The zero-order valence-electron chi connectivity index (χ0n) is 13.4. The summed E-state index contributed by atoms with van der Waals surface area (Å²) < 4.78 is 0. The van der Waals surface area contributed by atoms with Crippen LogP contribution in [0.15, 0.2) is 0 Å². The Kier molecular flexibility index (Phi) is 6.13. The molecule has 0 bridgehead atoms. The monoisotopic (exact) mass is 254 g/mol. The van der Waals surface area contributed by atoms with Gasteiger partial charge >= 0.3 is 0 Å². The fraction of sp³-hybridized carbons (Fsp3) is 1.00. The van der Waals surface area contributed by atoms with Crippen molar-refractivity contribution in [3.8, 4) is 0 Å². The highest BCUT2D eigenvalue weighted by Gasteiger charge is 2.38. The first-order valence-electron chi connectivity index (χ1n) is 8.04. The van der Waals surface area contributed by atoms with Crippen LogP contribution in [0.3, 0.4) is 0 Å². The van der Waals surface area contributed by atoms with E-state index in [0.717, 1.165) is 18.5 Å². The number of nitrogens with one attached hydrogen (secondary N) is 1. The maximum atomic E-state index is 3.80. The fourth-order valence-electron chi connectivity index (χ4n) is 3.55. The summed E-state index contributed by atoms with van der Waals surface area (Å²) in [5.74, 6) is 0.844. The minimum absolute atomic E-state index is 0.354. The third-order valence-electron chi connectivity index (χ3n) is 5.43. The lowest BCUT2D eigenvalue weighted by atomic mass is 9.85. The SMILES string of the molecule is CCC(CC)C(C)N1CC(CC)(CC)NCC1C. The van der Waals surface area contributed by atoms with Gasteiger partial charge in [0.25, 0.3) is 0 Å². The Morgan fingerprint density at radius 3 is 2.17 bits per heavy atom. The van der Waals surface area contributed by atoms with Crippen LogP contribution < -0.4 is 5.32 Å². The minimum atomic E-state index is 0.354. The summed E-state index contributed by atoms with van der Waals surface area (Å²) in [4.78, 5) is 2.77. The van der Waals surface area contributed by atoms with Crippen LogP contribution in [0.2, 0.25) is 0 Å². The summed E-state index contributed by atoms with van der Waals surface area (Å²) in [6.07, 6.45) is 5.09. The average Bonchev–Trinajstić information content (AvgIpc) is 2.41. The van der Waals surface area contributed by atoms with Crippen molar-refractivity contribution in [3.63, 3.8) is 0 Å². The molecule has 1 fully saturated rings. The molecule has 2 unspecified atom stereocenters. The van der Waals surface area contributed by atoms with E-state index in [9.17, 15) is 0 Å². The molecule has 0 aromatic heterocycles. The second-order valence-corrected chi connectivity index (χ2v) is 6.21. The fourth-order valence-corrected chi connectivity index (χ4v) is 3.55. The molecular formula is C16H34N2. The van der Waals surface area contributed by atoms with E-state index in [0.29, 0.717) is 11.6 Å². The lowest BCUT2D eigenvalue weighted by molar-refractivity contribution is 0.0267. The minimum Gasteiger partial charge on any atom is -0.308 e. The van der Waals surface area contributed by atoms with E-state index in [1.807, 2.05) is 0 Å². The number of rotatable bonds is 6. The van der Waals surface area contributed by atoms with E-state index in [1.54, 1.807) is 0 Å². The van der Waals surface area contributed by atoms with Gasteiger partial charge in [-0.05, 0) is 32.6 Å². The Bertz CT molecular complexity index is 231. The molecule has 1 heterocycles. The van der Waals surface area contributed by atoms with Crippen LogP contribution in [0.5, 0.6) is 0 Å². The third-order valence-corrected chi connectivity index (χ3v) is 5.43. The van der Waals surface area contributed by atoms with Crippen LogP contribution in [0.1, 0.15) is 67.2 Å². The zero-order chi connectivity index (χ0) is 13.8. The van der Waals surface area contributed by atoms with Gasteiger partial charge in [0.2, 0.25) is 0 Å². The lowest BCUT2D eigenvalue weighted by Gasteiger charge is -2.50. The van der Waals surface area contributed by atoms with Crippen LogP contribution in [0.4, 0.5) is 0 Å². The summed E-state index contributed by atoms with van der Waals surface area (Å²) in [6.45, 7) is 16.5. The first-order chi connectivity index (χ1) is 8.53. The van der Waals surface area contributed by atoms with E-state index in [-0.39, 0.29) is 0 Å². The molecule has 18 heavy (non-hydrogen) atoms. The molecule has 1 aliphatic heterocycles. The summed E-state index contributed by atoms with van der Waals surface area (Å²) >= 11 is 0. The molecule has 1 N–H and O–H groups in total. The Balaban J connectivity index is 2.78. The van der Waals surface area contributed by atoms with E-state index >= 15 is 0 Å². The van der Waals surface area contributed by atoms with Crippen molar-refractivity contribution in [3.05, 3.63) is 0 Å². The summed E-state index contributed by atoms with van der Waals surface area (Å²) in [5.41, 5.74) is 0.354. The maximum Gasteiger partial charge on any atom is 0.0304 e. The maximum absolute atomic E-state index is 3.80. The van der Waals surface area contributed by atoms with Gasteiger partial charge in [0.1, 0.15) is 0 Å². The van der Waals surface area contributed by atoms with E-state index in [4.69, 9.17) is 0 Å². The third kappa shape index (κ3) is 3.27. The normalized spacial score (nSPS) is 26.5. The van der Waals surface area contributed by atoms with Gasteiger partial charge in [-0.15, -0.1) is 0 Å². The van der Waals surface area contributed by atoms with E-state index < -0.39 is 0 Å². The molecule has 2 nitrogen and oxygen atoms in total. The van der Waals surface area contributed by atoms with Crippen molar-refractivity contribution in [1.29, 1.82) is 0 Å². The number of piperazine rings is 1. The molecule has 108 valence electrons. The Labute approximate surface area is 115 Å². The van der Waals surface area contributed by atoms with E-state index in [1.165, 1.54) is 32.2 Å². The van der Waals surface area contributed by atoms with Crippen molar-refractivity contribution in [1.82, 2.24) is 10.2 Å². The molecule has 1 rings (SSSR count). The van der Waals surface area contributed by atoms with Gasteiger partial charge in [0, 0.05) is 30.7 Å². The van der Waals surface area contributed by atoms with Crippen LogP contribution >= 0.6 is 0 Å². The van der Waals surface area contributed by atoms with Crippen molar-refractivity contribution in [2.75, 3.05) is 13.1 Å². The highest BCUT2D eigenvalue weighted by molar-refractivity contribution is 4.97. The molecule has 2 atom stereocenters. The Morgan fingerprint density at radius 2 is 1.72 bits per heavy atom. The summed E-state index contributed by atoms with van der Waals surface area (Å²) in [7, 11) is 0. The van der Waals surface area contributed by atoms with Gasteiger partial charge in [-0.2, -0.15) is 0 Å². The van der Waals surface area contributed by atoms with Crippen LogP contribution in [-0.4, -0.2) is 35.6 Å². The van der Waals surface area contributed by atoms with Crippen molar-refractivity contribution >= 4 is 0 Å². The second-order valence-electron chi connectivity index (χ2n) is 6.21. The highest BCUT2D eigenvalue weighted by atomic mass is 15.3. The summed E-state index contributed by atoms with van der Waals surface area (Å²) in [6, 6.07) is 1.39. The molecule has 1 aliphatic rings. The quantitative estimate of drug-likeness (QED) is 0.778. The Morgan fingerprint density at radius 1 is 1.17 bits per heavy atom. The van der Waals surface area contributed by atoms with Gasteiger partial charge in [-0.3, -0.25) is 4.90 Å². The van der Waals surface area contributed by atoms with Crippen molar-refractivity contribution < 1.29 is 0 Å². The largest absolute Gasteiger partial charge is 0.308 e.